The molecule has 1 aliphatic heterocycles. The summed E-state index contributed by atoms with van der Waals surface area (Å²) in [5.74, 6) is -1.69. The van der Waals surface area contributed by atoms with Crippen molar-refractivity contribution in [2.45, 2.75) is 25.4 Å². The molecule has 7 heteroatoms. The maximum atomic E-state index is 11.9. The number of aliphatic hydroxyl groups excluding tert-OH is 1. The number of carbonyl (C=O) groups excluding carboxylic acids is 2. The molecule has 0 bridgehead atoms. The Morgan fingerprint density at radius 3 is 2.81 bits per heavy atom. The van der Waals surface area contributed by atoms with Gasteiger partial charge in [-0.15, -0.1) is 0 Å². The van der Waals surface area contributed by atoms with Crippen molar-refractivity contribution in [3.05, 3.63) is 29.3 Å². The predicted octanol–water partition coefficient (Wildman–Crippen LogP) is 0.137. The van der Waals surface area contributed by atoms with Crippen LogP contribution in [0.25, 0.3) is 0 Å². The van der Waals surface area contributed by atoms with Gasteiger partial charge in [-0.3, -0.25) is 9.59 Å². The van der Waals surface area contributed by atoms with E-state index in [2.05, 4.69) is 10.6 Å². The summed E-state index contributed by atoms with van der Waals surface area (Å²) >= 11 is 0. The molecule has 0 aliphatic carbocycles. The van der Waals surface area contributed by atoms with Crippen LogP contribution < -0.4 is 10.6 Å². The lowest BCUT2D eigenvalue weighted by Gasteiger charge is -2.17. The van der Waals surface area contributed by atoms with Crippen molar-refractivity contribution in [2.75, 3.05) is 11.9 Å². The molecule has 4 N–H and O–H groups in total. The van der Waals surface area contributed by atoms with Gasteiger partial charge in [-0.25, -0.2) is 4.79 Å². The van der Waals surface area contributed by atoms with E-state index in [9.17, 15) is 14.4 Å². The first-order chi connectivity index (χ1) is 9.97. The van der Waals surface area contributed by atoms with Crippen molar-refractivity contribution < 1.29 is 24.6 Å². The Morgan fingerprint density at radius 1 is 1.33 bits per heavy atom. The third-order valence-corrected chi connectivity index (χ3v) is 3.25. The molecule has 1 aliphatic rings. The largest absolute Gasteiger partial charge is 0.479 e. The molecule has 0 saturated heterocycles. The number of fused-ring (bicyclic) bond motifs is 1. The summed E-state index contributed by atoms with van der Waals surface area (Å²) in [6.45, 7) is 0.0696. The minimum absolute atomic E-state index is 0.0395. The van der Waals surface area contributed by atoms with E-state index in [-0.39, 0.29) is 24.8 Å². The van der Waals surface area contributed by atoms with Crippen molar-refractivity contribution in [3.8, 4) is 0 Å². The number of carbonyl (C=O) groups is 3. The molecule has 0 spiro atoms. The zero-order chi connectivity index (χ0) is 15.4. The number of aliphatic carboxylic acids is 1. The average Bonchev–Trinajstić information content (AvgIpc) is 2.46. The Morgan fingerprint density at radius 2 is 2.10 bits per heavy atom. The highest BCUT2D eigenvalue weighted by Crippen LogP contribution is 2.23. The van der Waals surface area contributed by atoms with Crippen LogP contribution in [0.2, 0.25) is 0 Å². The molecule has 0 saturated carbocycles. The summed E-state index contributed by atoms with van der Waals surface area (Å²) in [6.07, 6.45) is -0.561. The molecule has 1 aromatic rings. The molecular formula is C14H16N2O5. The highest BCUT2D eigenvalue weighted by atomic mass is 16.4. The van der Waals surface area contributed by atoms with Gasteiger partial charge in [0, 0.05) is 30.6 Å². The first-order valence-corrected chi connectivity index (χ1v) is 6.59. The summed E-state index contributed by atoms with van der Waals surface area (Å²) in [6, 6.07) is 4.97. The number of aliphatic hydroxyl groups is 1. The molecule has 1 atom stereocenters. The molecule has 0 radical (unpaired) electrons. The van der Waals surface area contributed by atoms with Gasteiger partial charge in [0.05, 0.1) is 0 Å². The van der Waals surface area contributed by atoms with Gasteiger partial charge in [0.25, 0.3) is 5.91 Å². The second-order valence-corrected chi connectivity index (χ2v) is 4.82. The number of carboxylic acid groups (broad SMARTS) is 1. The number of aryl methyl sites for hydroxylation is 1. The molecule has 7 nitrogen and oxygen atoms in total. The smallest absolute Gasteiger partial charge is 0.332 e. The van der Waals surface area contributed by atoms with Gasteiger partial charge >= 0.3 is 5.97 Å². The highest BCUT2D eigenvalue weighted by molar-refractivity contribution is 5.97. The summed E-state index contributed by atoms with van der Waals surface area (Å²) in [5.41, 5.74) is 2.05. The van der Waals surface area contributed by atoms with Crippen LogP contribution in [0, 0.1) is 0 Å². The second-order valence-electron chi connectivity index (χ2n) is 4.82. The molecule has 1 heterocycles. The third-order valence-electron chi connectivity index (χ3n) is 3.25. The van der Waals surface area contributed by atoms with E-state index < -0.39 is 12.1 Å². The van der Waals surface area contributed by atoms with Crippen molar-refractivity contribution in [1.29, 1.82) is 0 Å². The van der Waals surface area contributed by atoms with Gasteiger partial charge in [0.1, 0.15) is 0 Å². The van der Waals surface area contributed by atoms with E-state index >= 15 is 0 Å². The second kappa shape index (κ2) is 6.36. The van der Waals surface area contributed by atoms with Gasteiger partial charge in [0.15, 0.2) is 6.10 Å². The molecule has 0 fully saturated rings. The van der Waals surface area contributed by atoms with Crippen LogP contribution in [0.5, 0.6) is 0 Å². The zero-order valence-corrected chi connectivity index (χ0v) is 11.3. The van der Waals surface area contributed by atoms with Crippen molar-refractivity contribution in [3.63, 3.8) is 0 Å². The number of anilines is 1. The zero-order valence-electron chi connectivity index (χ0n) is 11.3. The summed E-state index contributed by atoms with van der Waals surface area (Å²) in [7, 11) is 0. The third kappa shape index (κ3) is 3.79. The molecule has 0 unspecified atom stereocenters. The number of carboxylic acids is 1. The quantitative estimate of drug-likeness (QED) is 0.616. The molecule has 112 valence electrons. The summed E-state index contributed by atoms with van der Waals surface area (Å²) in [5, 5.41) is 22.9. The van der Waals surface area contributed by atoms with Gasteiger partial charge in [0.2, 0.25) is 5.91 Å². The van der Waals surface area contributed by atoms with Crippen molar-refractivity contribution in [2.24, 2.45) is 0 Å². The topological polar surface area (TPSA) is 116 Å². The fraction of sp³-hybridized carbons (Fsp3) is 0.357. The van der Waals surface area contributed by atoms with Crippen LogP contribution in [0.15, 0.2) is 18.2 Å². The number of nitrogens with one attached hydrogen (secondary N) is 2. The Bertz CT molecular complexity index is 585. The van der Waals surface area contributed by atoms with Gasteiger partial charge in [-0.2, -0.15) is 0 Å². The first kappa shape index (κ1) is 15.0. The number of hydrogen-bond acceptors (Lipinski definition) is 4. The van der Waals surface area contributed by atoms with Gasteiger partial charge in [-0.05, 0) is 30.2 Å². The molecule has 1 aromatic carbocycles. The normalized spacial score (nSPS) is 14.8. The van der Waals surface area contributed by atoms with Crippen LogP contribution in [-0.4, -0.2) is 40.6 Å². The van der Waals surface area contributed by atoms with Crippen LogP contribution in [0.1, 0.15) is 28.8 Å². The lowest BCUT2D eigenvalue weighted by molar-refractivity contribution is -0.146. The van der Waals surface area contributed by atoms with Crippen LogP contribution in [0.3, 0.4) is 0 Å². The van der Waals surface area contributed by atoms with E-state index in [1.54, 1.807) is 18.2 Å². The van der Waals surface area contributed by atoms with Crippen LogP contribution in [-0.2, 0) is 16.0 Å². The van der Waals surface area contributed by atoms with E-state index in [0.29, 0.717) is 24.1 Å². The molecule has 0 aromatic heterocycles. The molecular weight excluding hydrogens is 276 g/mol. The Labute approximate surface area is 121 Å². The van der Waals surface area contributed by atoms with Gasteiger partial charge in [-0.1, -0.05) is 0 Å². The predicted molar refractivity (Wildman–Crippen MR) is 74.0 cm³/mol. The first-order valence-electron chi connectivity index (χ1n) is 6.59. The SMILES string of the molecule is O=C1CCc2cc(C(=O)NCC[C@H](O)C(=O)O)ccc2N1. The van der Waals surface area contributed by atoms with Gasteiger partial charge < -0.3 is 20.8 Å². The maximum absolute atomic E-state index is 11.9. The van der Waals surface area contributed by atoms with E-state index in [0.717, 1.165) is 5.56 Å². The van der Waals surface area contributed by atoms with E-state index in [1.165, 1.54) is 0 Å². The number of rotatable bonds is 5. The van der Waals surface area contributed by atoms with Crippen molar-refractivity contribution >= 4 is 23.5 Å². The minimum atomic E-state index is -1.48. The number of amides is 2. The summed E-state index contributed by atoms with van der Waals surface area (Å²) in [4.78, 5) is 33.6. The lowest BCUT2D eigenvalue weighted by atomic mass is 10.00. The van der Waals surface area contributed by atoms with Crippen molar-refractivity contribution in [1.82, 2.24) is 5.32 Å². The van der Waals surface area contributed by atoms with Crippen LogP contribution in [0.4, 0.5) is 5.69 Å². The lowest BCUT2D eigenvalue weighted by Crippen LogP contribution is -2.30. The number of benzene rings is 1. The van der Waals surface area contributed by atoms with Crippen LogP contribution >= 0.6 is 0 Å². The van der Waals surface area contributed by atoms with E-state index in [4.69, 9.17) is 10.2 Å². The monoisotopic (exact) mass is 292 g/mol. The maximum Gasteiger partial charge on any atom is 0.332 e. The highest BCUT2D eigenvalue weighted by Gasteiger charge is 2.17. The van der Waals surface area contributed by atoms with E-state index in [1.807, 2.05) is 0 Å². The summed E-state index contributed by atoms with van der Waals surface area (Å²) < 4.78 is 0. The average molecular weight is 292 g/mol. The standard InChI is InChI=1S/C14H16N2O5/c17-11(14(20)21)5-6-15-13(19)9-1-3-10-8(7-9)2-4-12(18)16-10/h1,3,7,11,17H,2,4-6H2,(H,15,19)(H,16,18)(H,20,21)/t11-/m0/s1. The molecule has 21 heavy (non-hydrogen) atoms. The Kier molecular flexibility index (Phi) is 4.54. The minimum Gasteiger partial charge on any atom is -0.479 e. The molecule has 2 rings (SSSR count). The number of hydrogen-bond donors (Lipinski definition) is 4. The molecule has 2 amide bonds. The Hall–Kier alpha value is -2.41. The fourth-order valence-electron chi connectivity index (χ4n) is 2.07. The fourth-order valence-corrected chi connectivity index (χ4v) is 2.07. The Balaban J connectivity index is 1.94.